The summed E-state index contributed by atoms with van der Waals surface area (Å²) < 4.78 is 29.7. The van der Waals surface area contributed by atoms with Crippen molar-refractivity contribution < 1.29 is 23.1 Å². The van der Waals surface area contributed by atoms with Gasteiger partial charge in [0.2, 0.25) is 0 Å². The summed E-state index contributed by atoms with van der Waals surface area (Å²) in [5.41, 5.74) is 0.502. The number of ether oxygens (including phenoxy) is 1. The molecule has 1 heterocycles. The number of nitrogens with one attached hydrogen (secondary N) is 1. The van der Waals surface area contributed by atoms with Crippen LogP contribution < -0.4 is 4.83 Å². The Morgan fingerprint density at radius 1 is 1.33 bits per heavy atom. The van der Waals surface area contributed by atoms with Crippen LogP contribution in [0.25, 0.3) is 6.08 Å². The van der Waals surface area contributed by atoms with Crippen molar-refractivity contribution in [2.45, 2.75) is 4.90 Å². The Balaban J connectivity index is 2.15. The van der Waals surface area contributed by atoms with Crippen molar-refractivity contribution in [1.29, 1.82) is 0 Å². The van der Waals surface area contributed by atoms with Crippen molar-refractivity contribution in [1.82, 2.24) is 9.84 Å². The number of benzene rings is 1. The van der Waals surface area contributed by atoms with Crippen LogP contribution in [0.4, 0.5) is 0 Å². The smallest absolute Gasteiger partial charge is 0.328 e. The van der Waals surface area contributed by atoms with Crippen molar-refractivity contribution in [3.05, 3.63) is 35.9 Å². The first-order valence-electron chi connectivity index (χ1n) is 6.33. The molecule has 1 aromatic carbocycles. The van der Waals surface area contributed by atoms with Gasteiger partial charge in [-0.15, -0.1) is 4.83 Å². The first kappa shape index (κ1) is 15.6. The highest BCUT2D eigenvalue weighted by Gasteiger charge is 2.20. The molecule has 0 aliphatic carbocycles. The maximum Gasteiger partial charge on any atom is 0.328 e. The average Bonchev–Trinajstić information content (AvgIpc) is 2.46. The summed E-state index contributed by atoms with van der Waals surface area (Å²) >= 11 is 0. The first-order valence-corrected chi connectivity index (χ1v) is 7.82. The lowest BCUT2D eigenvalue weighted by Gasteiger charge is -2.26. The van der Waals surface area contributed by atoms with Gasteiger partial charge in [0.1, 0.15) is 0 Å². The van der Waals surface area contributed by atoms with E-state index in [-0.39, 0.29) is 4.90 Å². The molecule has 2 N–H and O–H groups in total. The molecule has 1 aliphatic heterocycles. The number of carboxylic acid groups (broad SMARTS) is 1. The number of hydrogen-bond donors (Lipinski definition) is 2. The van der Waals surface area contributed by atoms with E-state index < -0.39 is 16.0 Å². The molecule has 0 unspecified atom stereocenters. The van der Waals surface area contributed by atoms with E-state index in [1.54, 1.807) is 17.1 Å². The second kappa shape index (κ2) is 6.81. The molecule has 0 amide bonds. The maximum atomic E-state index is 12.3. The molecule has 1 fully saturated rings. The van der Waals surface area contributed by atoms with E-state index in [1.165, 1.54) is 18.2 Å². The van der Waals surface area contributed by atoms with Crippen molar-refractivity contribution in [2.24, 2.45) is 0 Å². The Morgan fingerprint density at radius 3 is 2.71 bits per heavy atom. The van der Waals surface area contributed by atoms with Gasteiger partial charge >= 0.3 is 5.97 Å². The van der Waals surface area contributed by atoms with Crippen LogP contribution in [-0.2, 0) is 19.6 Å². The quantitative estimate of drug-likeness (QED) is 0.760. The van der Waals surface area contributed by atoms with Crippen molar-refractivity contribution in [3.63, 3.8) is 0 Å². The van der Waals surface area contributed by atoms with Crippen LogP contribution in [0.1, 0.15) is 5.56 Å². The maximum absolute atomic E-state index is 12.3. The second-order valence-electron chi connectivity index (χ2n) is 4.44. The number of sulfonamides is 1. The summed E-state index contributed by atoms with van der Waals surface area (Å²) in [6.07, 6.45) is 2.30. The molecule has 2 rings (SSSR count). The molecule has 8 heteroatoms. The zero-order valence-corrected chi connectivity index (χ0v) is 12.0. The molecule has 0 aromatic heterocycles. The van der Waals surface area contributed by atoms with Gasteiger partial charge in [0.15, 0.2) is 0 Å². The highest BCUT2D eigenvalue weighted by Crippen LogP contribution is 2.13. The van der Waals surface area contributed by atoms with Gasteiger partial charge < -0.3 is 9.84 Å². The van der Waals surface area contributed by atoms with E-state index in [9.17, 15) is 13.2 Å². The number of carbonyl (C=O) groups is 1. The van der Waals surface area contributed by atoms with Crippen LogP contribution >= 0.6 is 0 Å². The number of hydrazine groups is 1. The topological polar surface area (TPSA) is 95.9 Å². The Labute approximate surface area is 122 Å². The van der Waals surface area contributed by atoms with Crippen LogP contribution in [0.15, 0.2) is 35.2 Å². The van der Waals surface area contributed by atoms with Crippen molar-refractivity contribution in [2.75, 3.05) is 26.3 Å². The molecule has 1 aromatic rings. The number of carboxylic acids is 1. The number of morpholine rings is 1. The van der Waals surface area contributed by atoms with Crippen molar-refractivity contribution in [3.8, 4) is 0 Å². The minimum absolute atomic E-state index is 0.0848. The van der Waals surface area contributed by atoms with Gasteiger partial charge in [-0.1, -0.05) is 12.1 Å². The zero-order chi connectivity index (χ0) is 15.3. The van der Waals surface area contributed by atoms with Crippen LogP contribution in [-0.4, -0.2) is 50.8 Å². The largest absolute Gasteiger partial charge is 0.478 e. The molecular weight excluding hydrogens is 296 g/mol. The lowest BCUT2D eigenvalue weighted by molar-refractivity contribution is -0.131. The summed E-state index contributed by atoms with van der Waals surface area (Å²) in [5, 5.41) is 10.2. The van der Waals surface area contributed by atoms with Crippen molar-refractivity contribution >= 4 is 22.1 Å². The molecule has 1 aliphatic rings. The number of aliphatic carboxylic acids is 1. The van der Waals surface area contributed by atoms with Gasteiger partial charge in [0.25, 0.3) is 10.0 Å². The third kappa shape index (κ3) is 4.64. The molecule has 0 saturated carbocycles. The Morgan fingerprint density at radius 2 is 2.05 bits per heavy atom. The van der Waals surface area contributed by atoms with E-state index in [4.69, 9.17) is 9.84 Å². The molecule has 0 bridgehead atoms. The molecule has 7 nitrogen and oxygen atoms in total. The average molecular weight is 312 g/mol. The Kier molecular flexibility index (Phi) is 5.07. The van der Waals surface area contributed by atoms with E-state index in [1.807, 2.05) is 0 Å². The van der Waals surface area contributed by atoms with Gasteiger partial charge in [0, 0.05) is 19.2 Å². The monoisotopic (exact) mass is 312 g/mol. The third-order valence-electron chi connectivity index (χ3n) is 2.85. The highest BCUT2D eigenvalue weighted by molar-refractivity contribution is 7.89. The standard InChI is InChI=1S/C13H16N2O5S/c16-13(17)5-4-11-2-1-3-12(10-11)21(18,19)14-15-6-8-20-9-7-15/h1-5,10,14H,6-9H2,(H,16,17)/b5-4+. The van der Waals surface area contributed by atoms with Gasteiger partial charge in [0.05, 0.1) is 18.1 Å². The fourth-order valence-corrected chi connectivity index (χ4v) is 3.01. The normalized spacial score (nSPS) is 17.1. The van der Waals surface area contributed by atoms with Crippen LogP contribution in [0.3, 0.4) is 0 Å². The second-order valence-corrected chi connectivity index (χ2v) is 6.10. The highest BCUT2D eigenvalue weighted by atomic mass is 32.2. The molecule has 21 heavy (non-hydrogen) atoms. The fraction of sp³-hybridized carbons (Fsp3) is 0.308. The van der Waals surface area contributed by atoms with Gasteiger partial charge in [-0.05, 0) is 23.8 Å². The lowest BCUT2D eigenvalue weighted by Crippen LogP contribution is -2.48. The molecule has 0 spiro atoms. The molecular formula is C13H16N2O5S. The summed E-state index contributed by atoms with van der Waals surface area (Å²) in [4.78, 5) is 13.1. The summed E-state index contributed by atoms with van der Waals surface area (Å²) in [6.45, 7) is 1.92. The predicted octanol–water partition coefficient (Wildman–Crippen LogP) is 0.310. The number of nitrogens with zero attached hydrogens (tertiary/aromatic N) is 1. The van der Waals surface area contributed by atoms with Gasteiger partial charge in [-0.2, -0.15) is 0 Å². The Hall–Kier alpha value is -1.74. The van der Waals surface area contributed by atoms with E-state index in [2.05, 4.69) is 4.83 Å². The minimum Gasteiger partial charge on any atom is -0.478 e. The lowest BCUT2D eigenvalue weighted by atomic mass is 10.2. The zero-order valence-electron chi connectivity index (χ0n) is 11.2. The van der Waals surface area contributed by atoms with Crippen LogP contribution in [0.5, 0.6) is 0 Å². The molecule has 1 saturated heterocycles. The minimum atomic E-state index is -3.68. The summed E-state index contributed by atoms with van der Waals surface area (Å²) in [6, 6.07) is 6.08. The number of hydrogen-bond acceptors (Lipinski definition) is 5. The Bertz CT molecular complexity index is 636. The van der Waals surface area contributed by atoms with E-state index in [0.717, 1.165) is 6.08 Å². The van der Waals surface area contributed by atoms with Crippen LogP contribution in [0, 0.1) is 0 Å². The van der Waals surface area contributed by atoms with Gasteiger partial charge in [-0.3, -0.25) is 0 Å². The number of rotatable bonds is 5. The molecule has 0 radical (unpaired) electrons. The molecule has 0 atom stereocenters. The summed E-state index contributed by atoms with van der Waals surface area (Å²) in [7, 11) is -3.68. The third-order valence-corrected chi connectivity index (χ3v) is 4.22. The van der Waals surface area contributed by atoms with Gasteiger partial charge in [-0.25, -0.2) is 18.2 Å². The predicted molar refractivity (Wildman–Crippen MR) is 75.8 cm³/mol. The summed E-state index contributed by atoms with van der Waals surface area (Å²) in [5.74, 6) is -1.09. The van der Waals surface area contributed by atoms with E-state index in [0.29, 0.717) is 31.9 Å². The SMILES string of the molecule is O=C(O)/C=C/c1cccc(S(=O)(=O)NN2CCOCC2)c1. The first-order chi connectivity index (χ1) is 9.97. The fourth-order valence-electron chi connectivity index (χ4n) is 1.83. The van der Waals surface area contributed by atoms with Crippen LogP contribution in [0.2, 0.25) is 0 Å². The molecule has 114 valence electrons. The van der Waals surface area contributed by atoms with E-state index >= 15 is 0 Å².